The molecule has 20 heavy (non-hydrogen) atoms. The molecule has 0 spiro atoms. The van der Waals surface area contributed by atoms with Crippen molar-refractivity contribution in [3.63, 3.8) is 0 Å². The van der Waals surface area contributed by atoms with Gasteiger partial charge in [0.15, 0.2) is 0 Å². The van der Waals surface area contributed by atoms with Crippen molar-refractivity contribution in [1.29, 1.82) is 0 Å². The van der Waals surface area contributed by atoms with Crippen molar-refractivity contribution < 1.29 is 0 Å². The Labute approximate surface area is 118 Å². The van der Waals surface area contributed by atoms with Crippen LogP contribution in [0.25, 0.3) is 5.69 Å². The maximum Gasteiger partial charge on any atom is 0.137 e. The van der Waals surface area contributed by atoms with Crippen LogP contribution < -0.4 is 0 Å². The number of benzene rings is 2. The van der Waals surface area contributed by atoms with E-state index in [1.54, 1.807) is 6.33 Å². The zero-order chi connectivity index (χ0) is 13.6. The summed E-state index contributed by atoms with van der Waals surface area (Å²) in [5, 5.41) is 8.27. The summed E-state index contributed by atoms with van der Waals surface area (Å²) in [5.41, 5.74) is 2.49. The summed E-state index contributed by atoms with van der Waals surface area (Å²) in [6, 6.07) is 20.8. The molecule has 0 saturated carbocycles. The van der Waals surface area contributed by atoms with Crippen LogP contribution in [0.1, 0.15) is 17.8 Å². The van der Waals surface area contributed by atoms with Gasteiger partial charge in [-0.2, -0.15) is 0 Å². The van der Waals surface area contributed by atoms with E-state index < -0.39 is 0 Å². The molecular weight excluding hydrogens is 246 g/mol. The van der Waals surface area contributed by atoms with Crippen molar-refractivity contribution in [2.45, 2.75) is 19.3 Å². The zero-order valence-corrected chi connectivity index (χ0v) is 11.3. The highest BCUT2D eigenvalue weighted by Gasteiger charge is 2.05. The van der Waals surface area contributed by atoms with E-state index >= 15 is 0 Å². The Morgan fingerprint density at radius 3 is 2.25 bits per heavy atom. The Bertz CT molecular complexity index is 644. The van der Waals surface area contributed by atoms with Gasteiger partial charge in [-0.25, -0.2) is 0 Å². The Morgan fingerprint density at radius 2 is 1.50 bits per heavy atom. The first kappa shape index (κ1) is 12.6. The quantitative estimate of drug-likeness (QED) is 0.706. The van der Waals surface area contributed by atoms with E-state index in [9.17, 15) is 0 Å². The predicted molar refractivity (Wildman–Crippen MR) is 79.8 cm³/mol. The highest BCUT2D eigenvalue weighted by Crippen LogP contribution is 2.11. The minimum absolute atomic E-state index is 0.934. The molecule has 0 aliphatic carbocycles. The molecule has 0 N–H and O–H groups in total. The van der Waals surface area contributed by atoms with Gasteiger partial charge in [-0.3, -0.25) is 4.57 Å². The zero-order valence-electron chi connectivity index (χ0n) is 11.3. The van der Waals surface area contributed by atoms with E-state index in [4.69, 9.17) is 0 Å². The molecule has 3 heteroatoms. The van der Waals surface area contributed by atoms with Crippen molar-refractivity contribution >= 4 is 0 Å². The standard InChI is InChI=1S/C17H17N3/c1-3-8-15(9-4-1)10-7-13-17-19-18-14-20(17)16-11-5-2-6-12-16/h1-6,8-9,11-12,14H,7,10,13H2. The van der Waals surface area contributed by atoms with Crippen LogP contribution in [0.4, 0.5) is 0 Å². The molecule has 0 saturated heterocycles. The van der Waals surface area contributed by atoms with Crippen LogP contribution >= 0.6 is 0 Å². The van der Waals surface area contributed by atoms with Crippen LogP contribution in [0.5, 0.6) is 0 Å². The Morgan fingerprint density at radius 1 is 0.800 bits per heavy atom. The minimum Gasteiger partial charge on any atom is -0.286 e. The highest BCUT2D eigenvalue weighted by atomic mass is 15.3. The lowest BCUT2D eigenvalue weighted by molar-refractivity contribution is 0.751. The summed E-state index contributed by atoms with van der Waals surface area (Å²) in [5.74, 6) is 1.02. The molecule has 1 aromatic heterocycles. The molecule has 3 rings (SSSR count). The average molecular weight is 263 g/mol. The van der Waals surface area contributed by atoms with Gasteiger partial charge in [-0.1, -0.05) is 48.5 Å². The van der Waals surface area contributed by atoms with Gasteiger partial charge in [0.2, 0.25) is 0 Å². The number of rotatable bonds is 5. The molecule has 0 bridgehead atoms. The summed E-state index contributed by atoms with van der Waals surface area (Å²) in [6.45, 7) is 0. The molecule has 0 amide bonds. The fraction of sp³-hybridized carbons (Fsp3) is 0.176. The van der Waals surface area contributed by atoms with Gasteiger partial charge in [0.05, 0.1) is 0 Å². The summed E-state index contributed by atoms with van der Waals surface area (Å²) >= 11 is 0. The molecule has 0 radical (unpaired) electrons. The lowest BCUT2D eigenvalue weighted by Crippen LogP contribution is -2.01. The van der Waals surface area contributed by atoms with Crippen molar-refractivity contribution in [3.8, 4) is 5.69 Å². The Hall–Kier alpha value is -2.42. The van der Waals surface area contributed by atoms with Crippen LogP contribution in [0, 0.1) is 0 Å². The largest absolute Gasteiger partial charge is 0.286 e. The lowest BCUT2D eigenvalue weighted by Gasteiger charge is -2.06. The third-order valence-corrected chi connectivity index (χ3v) is 3.36. The maximum absolute atomic E-state index is 4.24. The van der Waals surface area contributed by atoms with Crippen LogP contribution in [-0.4, -0.2) is 14.8 Å². The average Bonchev–Trinajstić information content (AvgIpc) is 2.98. The van der Waals surface area contributed by atoms with Crippen LogP contribution in [0.15, 0.2) is 67.0 Å². The van der Waals surface area contributed by atoms with E-state index in [0.29, 0.717) is 0 Å². The molecule has 100 valence electrons. The first-order valence-electron chi connectivity index (χ1n) is 6.92. The van der Waals surface area contributed by atoms with Gasteiger partial charge in [0.1, 0.15) is 12.2 Å². The highest BCUT2D eigenvalue weighted by molar-refractivity contribution is 5.32. The van der Waals surface area contributed by atoms with Crippen molar-refractivity contribution in [3.05, 3.63) is 78.4 Å². The SMILES string of the molecule is c1ccc(CCCc2nncn2-c2ccccc2)cc1. The molecule has 2 aromatic carbocycles. The van der Waals surface area contributed by atoms with Gasteiger partial charge in [0.25, 0.3) is 0 Å². The second-order valence-corrected chi connectivity index (χ2v) is 4.79. The smallest absolute Gasteiger partial charge is 0.137 e. The molecule has 0 atom stereocenters. The van der Waals surface area contributed by atoms with E-state index in [2.05, 4.69) is 57.2 Å². The van der Waals surface area contributed by atoms with E-state index in [0.717, 1.165) is 30.8 Å². The molecule has 0 aliphatic heterocycles. The van der Waals surface area contributed by atoms with Gasteiger partial charge >= 0.3 is 0 Å². The molecular formula is C17H17N3. The second-order valence-electron chi connectivity index (χ2n) is 4.79. The Balaban J connectivity index is 1.66. The van der Waals surface area contributed by atoms with Gasteiger partial charge < -0.3 is 0 Å². The number of nitrogens with zero attached hydrogens (tertiary/aromatic N) is 3. The maximum atomic E-state index is 4.24. The molecule has 0 unspecified atom stereocenters. The minimum atomic E-state index is 0.934. The number of hydrogen-bond donors (Lipinski definition) is 0. The molecule has 3 nitrogen and oxygen atoms in total. The first-order chi connectivity index (χ1) is 9.93. The van der Waals surface area contributed by atoms with Crippen LogP contribution in [-0.2, 0) is 12.8 Å². The Kier molecular flexibility index (Phi) is 3.88. The number of para-hydroxylation sites is 1. The van der Waals surface area contributed by atoms with Crippen molar-refractivity contribution in [1.82, 2.24) is 14.8 Å². The van der Waals surface area contributed by atoms with Crippen LogP contribution in [0.3, 0.4) is 0 Å². The predicted octanol–water partition coefficient (Wildman–Crippen LogP) is 3.44. The van der Waals surface area contributed by atoms with Crippen LogP contribution in [0.2, 0.25) is 0 Å². The number of aromatic nitrogens is 3. The van der Waals surface area contributed by atoms with Gasteiger partial charge in [-0.15, -0.1) is 10.2 Å². The van der Waals surface area contributed by atoms with Gasteiger partial charge in [0, 0.05) is 12.1 Å². The fourth-order valence-corrected chi connectivity index (χ4v) is 2.33. The summed E-state index contributed by atoms with van der Waals surface area (Å²) < 4.78 is 2.06. The first-order valence-corrected chi connectivity index (χ1v) is 6.92. The monoisotopic (exact) mass is 263 g/mol. The summed E-state index contributed by atoms with van der Waals surface area (Å²) in [6.07, 6.45) is 4.87. The third kappa shape index (κ3) is 2.94. The second kappa shape index (κ2) is 6.15. The molecule has 0 fully saturated rings. The summed E-state index contributed by atoms with van der Waals surface area (Å²) in [4.78, 5) is 0. The van der Waals surface area contributed by atoms with E-state index in [1.165, 1.54) is 5.56 Å². The molecule has 1 heterocycles. The third-order valence-electron chi connectivity index (χ3n) is 3.36. The molecule has 0 aliphatic rings. The van der Waals surface area contributed by atoms with Crippen molar-refractivity contribution in [2.75, 3.05) is 0 Å². The summed E-state index contributed by atoms with van der Waals surface area (Å²) in [7, 11) is 0. The number of hydrogen-bond acceptors (Lipinski definition) is 2. The lowest BCUT2D eigenvalue weighted by atomic mass is 10.1. The normalized spacial score (nSPS) is 10.6. The molecule has 3 aromatic rings. The van der Waals surface area contributed by atoms with E-state index in [1.807, 2.05) is 18.2 Å². The fourth-order valence-electron chi connectivity index (χ4n) is 2.33. The topological polar surface area (TPSA) is 30.7 Å². The van der Waals surface area contributed by atoms with E-state index in [-0.39, 0.29) is 0 Å². The number of aryl methyl sites for hydroxylation is 2. The van der Waals surface area contributed by atoms with Crippen molar-refractivity contribution in [2.24, 2.45) is 0 Å². The van der Waals surface area contributed by atoms with Gasteiger partial charge in [-0.05, 0) is 30.5 Å².